The van der Waals surface area contributed by atoms with E-state index in [4.69, 9.17) is 9.72 Å². The van der Waals surface area contributed by atoms with Crippen LogP contribution in [0.2, 0.25) is 0 Å². The average molecular weight is 566 g/mol. The van der Waals surface area contributed by atoms with Gasteiger partial charge in [0.05, 0.1) is 5.69 Å². The summed E-state index contributed by atoms with van der Waals surface area (Å²) in [5.74, 6) is 3.08. The Hall–Kier alpha value is -3.74. The molecule has 0 spiro atoms. The van der Waals surface area contributed by atoms with Crippen molar-refractivity contribution >= 4 is 23.9 Å². The summed E-state index contributed by atoms with van der Waals surface area (Å²) in [7, 11) is 1.80. The van der Waals surface area contributed by atoms with Gasteiger partial charge in [0.1, 0.15) is 5.60 Å². The number of aromatic nitrogens is 2. The van der Waals surface area contributed by atoms with Gasteiger partial charge in [-0.3, -0.25) is 4.99 Å². The number of anilines is 2. The molecule has 7 nitrogen and oxygen atoms in total. The van der Waals surface area contributed by atoms with Crippen molar-refractivity contribution in [3.8, 4) is 0 Å². The Morgan fingerprint density at radius 2 is 1.81 bits per heavy atom. The van der Waals surface area contributed by atoms with Gasteiger partial charge in [-0.2, -0.15) is 0 Å². The van der Waals surface area contributed by atoms with E-state index >= 15 is 0 Å². The molecule has 2 aromatic carbocycles. The van der Waals surface area contributed by atoms with Gasteiger partial charge in [-0.1, -0.05) is 42.8 Å². The van der Waals surface area contributed by atoms with E-state index in [2.05, 4.69) is 51.7 Å². The zero-order valence-corrected chi connectivity index (χ0v) is 25.3. The summed E-state index contributed by atoms with van der Waals surface area (Å²) in [6.45, 7) is 6.24. The van der Waals surface area contributed by atoms with Crippen LogP contribution in [0.25, 0.3) is 0 Å². The normalized spacial score (nSPS) is 21.6. The molecular formula is C35H43N5O2. The fraction of sp³-hybridized carbons (Fsp3) is 0.486. The molecule has 0 radical (unpaired) electrons. The summed E-state index contributed by atoms with van der Waals surface area (Å²) in [4.78, 5) is 29.0. The first-order chi connectivity index (χ1) is 20.2. The maximum atomic E-state index is 13.3. The van der Waals surface area contributed by atoms with Crippen molar-refractivity contribution < 1.29 is 9.53 Å². The highest BCUT2D eigenvalue weighted by molar-refractivity contribution is 5.80. The number of nitrogens with zero attached hydrogens (tertiary/aromatic N) is 4. The van der Waals surface area contributed by atoms with Crippen molar-refractivity contribution in [1.82, 2.24) is 14.9 Å². The summed E-state index contributed by atoms with van der Waals surface area (Å²) in [6, 6.07) is 16.7. The minimum absolute atomic E-state index is 0.0714. The van der Waals surface area contributed by atoms with E-state index in [-0.39, 0.29) is 12.1 Å². The van der Waals surface area contributed by atoms with Crippen LogP contribution in [0.5, 0.6) is 0 Å². The molecular weight excluding hydrogens is 522 g/mol. The summed E-state index contributed by atoms with van der Waals surface area (Å²) in [5, 5.41) is 3.40. The molecule has 220 valence electrons. The van der Waals surface area contributed by atoms with E-state index in [9.17, 15) is 4.79 Å². The quantitative estimate of drug-likeness (QED) is 0.293. The number of hydrogen-bond acceptors (Lipinski definition) is 6. The molecule has 42 heavy (non-hydrogen) atoms. The third kappa shape index (κ3) is 6.50. The second-order valence-electron chi connectivity index (χ2n) is 13.4. The largest absolute Gasteiger partial charge is 0.444 e. The Kier molecular flexibility index (Phi) is 8.02. The highest BCUT2D eigenvalue weighted by atomic mass is 16.6. The van der Waals surface area contributed by atoms with Gasteiger partial charge in [0, 0.05) is 43.3 Å². The van der Waals surface area contributed by atoms with Gasteiger partial charge < -0.3 is 15.0 Å². The summed E-state index contributed by atoms with van der Waals surface area (Å²) in [6.07, 6.45) is 11.7. The molecule has 3 aliphatic carbocycles. The van der Waals surface area contributed by atoms with Crippen molar-refractivity contribution in [2.75, 3.05) is 12.4 Å². The molecule has 0 saturated heterocycles. The lowest BCUT2D eigenvalue weighted by Gasteiger charge is -2.31. The minimum Gasteiger partial charge on any atom is -0.444 e. The molecule has 1 heterocycles. The van der Waals surface area contributed by atoms with E-state index in [1.165, 1.54) is 36.8 Å². The SMILES string of the molecule is CN=Cc1cnc(Nc2ccc(CN(C(=O)OC(C)(C)C)C3Cc4ccccc4C3)cc2)nc1CC1C[C@@H]2CCC1C2. The van der Waals surface area contributed by atoms with Crippen molar-refractivity contribution in [2.24, 2.45) is 22.7 Å². The third-order valence-corrected chi connectivity index (χ3v) is 9.17. The van der Waals surface area contributed by atoms with Gasteiger partial charge in [0.25, 0.3) is 0 Å². The first-order valence-electron chi connectivity index (χ1n) is 15.4. The zero-order valence-electron chi connectivity index (χ0n) is 25.3. The van der Waals surface area contributed by atoms with Gasteiger partial charge >= 0.3 is 6.09 Å². The standard InChI is InChI=1S/C35H43N5O2/c1-35(2,3)42-34(41)40(31-17-25-7-5-6-8-26(25)18-31)22-23-10-13-30(14-11-23)38-33-37-21-29(20-36-4)32(39-33)19-28-16-24-9-12-27(28)15-24/h5-8,10-11,13-14,20-21,24,27-28,31H,9,12,15-19,22H2,1-4H3,(H,37,38,39)/t24-,27?,28?/m1/s1. The van der Waals surface area contributed by atoms with Crippen LogP contribution in [-0.2, 0) is 30.5 Å². The van der Waals surface area contributed by atoms with E-state index in [0.29, 0.717) is 12.5 Å². The molecule has 3 aliphatic rings. The van der Waals surface area contributed by atoms with E-state index in [0.717, 1.165) is 59.5 Å². The van der Waals surface area contributed by atoms with Gasteiger partial charge in [0.2, 0.25) is 5.95 Å². The van der Waals surface area contributed by atoms with Gasteiger partial charge in [-0.25, -0.2) is 14.8 Å². The molecule has 1 aromatic heterocycles. The van der Waals surface area contributed by atoms with Crippen molar-refractivity contribution in [3.63, 3.8) is 0 Å². The second kappa shape index (κ2) is 11.9. The smallest absolute Gasteiger partial charge is 0.410 e. The van der Waals surface area contributed by atoms with Crippen molar-refractivity contribution in [3.05, 3.63) is 82.7 Å². The van der Waals surface area contributed by atoms with Gasteiger partial charge in [0.15, 0.2) is 0 Å². The molecule has 0 aliphatic heterocycles. The topological polar surface area (TPSA) is 79.7 Å². The van der Waals surface area contributed by atoms with Crippen molar-refractivity contribution in [2.45, 2.75) is 83.9 Å². The number of rotatable bonds is 8. The fourth-order valence-corrected chi connectivity index (χ4v) is 7.21. The van der Waals surface area contributed by atoms with Crippen LogP contribution in [0.15, 0.2) is 59.7 Å². The Labute approximate surface area is 249 Å². The molecule has 2 bridgehead atoms. The van der Waals surface area contributed by atoms with Crippen LogP contribution in [-0.4, -0.2) is 45.9 Å². The lowest BCUT2D eigenvalue weighted by molar-refractivity contribution is 0.0148. The maximum absolute atomic E-state index is 13.3. The lowest BCUT2D eigenvalue weighted by Crippen LogP contribution is -2.43. The Bertz CT molecular complexity index is 1420. The molecule has 6 rings (SSSR count). The number of carbonyl (C=O) groups excluding carboxylic acids is 1. The number of benzene rings is 2. The van der Waals surface area contributed by atoms with Crippen LogP contribution in [0.1, 0.15) is 74.4 Å². The minimum atomic E-state index is -0.552. The number of fused-ring (bicyclic) bond motifs is 3. The first-order valence-corrected chi connectivity index (χ1v) is 15.4. The van der Waals surface area contributed by atoms with Crippen LogP contribution >= 0.6 is 0 Å². The van der Waals surface area contributed by atoms with Crippen LogP contribution in [0.3, 0.4) is 0 Å². The van der Waals surface area contributed by atoms with Crippen LogP contribution in [0, 0.1) is 17.8 Å². The average Bonchev–Trinajstić information content (AvgIpc) is 3.69. The Morgan fingerprint density at radius 3 is 2.43 bits per heavy atom. The monoisotopic (exact) mass is 565 g/mol. The summed E-state index contributed by atoms with van der Waals surface area (Å²) >= 11 is 0. The molecule has 1 N–H and O–H groups in total. The van der Waals surface area contributed by atoms with Crippen LogP contribution < -0.4 is 5.32 Å². The fourth-order valence-electron chi connectivity index (χ4n) is 7.21. The highest BCUT2D eigenvalue weighted by Gasteiger charge is 2.39. The first kappa shape index (κ1) is 28.4. The summed E-state index contributed by atoms with van der Waals surface area (Å²) in [5.41, 5.74) is 6.13. The number of hydrogen-bond donors (Lipinski definition) is 1. The molecule has 2 unspecified atom stereocenters. The second-order valence-corrected chi connectivity index (χ2v) is 13.4. The number of nitrogens with one attached hydrogen (secondary N) is 1. The van der Waals surface area contributed by atoms with Gasteiger partial charge in [-0.15, -0.1) is 0 Å². The van der Waals surface area contributed by atoms with Gasteiger partial charge in [-0.05, 0) is 106 Å². The van der Waals surface area contributed by atoms with Crippen molar-refractivity contribution in [1.29, 1.82) is 0 Å². The maximum Gasteiger partial charge on any atom is 0.410 e. The third-order valence-electron chi connectivity index (χ3n) is 9.17. The molecule has 7 heteroatoms. The molecule has 3 aromatic rings. The highest BCUT2D eigenvalue weighted by Crippen LogP contribution is 2.49. The predicted octanol–water partition coefficient (Wildman–Crippen LogP) is 7.15. The van der Waals surface area contributed by atoms with Crippen LogP contribution in [0.4, 0.5) is 16.4 Å². The molecule has 2 saturated carbocycles. The molecule has 2 fully saturated rings. The number of ether oxygens (including phenoxy) is 1. The van der Waals surface area contributed by atoms with E-state index in [1.807, 2.05) is 50.2 Å². The zero-order chi connectivity index (χ0) is 29.3. The lowest BCUT2D eigenvalue weighted by atomic mass is 9.85. The number of aliphatic imine (C=N–C) groups is 1. The predicted molar refractivity (Wildman–Crippen MR) is 167 cm³/mol. The Morgan fingerprint density at radius 1 is 1.07 bits per heavy atom. The number of carbonyl (C=O) groups is 1. The number of amides is 1. The molecule has 3 atom stereocenters. The Balaban J connectivity index is 1.15. The summed E-state index contributed by atoms with van der Waals surface area (Å²) < 4.78 is 5.84. The van der Waals surface area contributed by atoms with E-state index < -0.39 is 5.60 Å². The van der Waals surface area contributed by atoms with E-state index in [1.54, 1.807) is 7.05 Å². The molecule has 1 amide bonds.